The van der Waals surface area contributed by atoms with Crippen LogP contribution in [0.4, 0.5) is 14.5 Å². The van der Waals surface area contributed by atoms with Gasteiger partial charge in [0.15, 0.2) is 11.6 Å². The second-order valence-corrected chi connectivity index (χ2v) is 12.0. The van der Waals surface area contributed by atoms with Gasteiger partial charge in [0.1, 0.15) is 12.6 Å². The predicted octanol–water partition coefficient (Wildman–Crippen LogP) is 4.76. The molecular formula is C24H29Cl2F2N3O4S. The number of halogens is 4. The fourth-order valence-corrected chi connectivity index (χ4v) is 4.84. The minimum Gasteiger partial charge on any atom is -0.350 e. The Balaban J connectivity index is 2.54. The first-order valence-electron chi connectivity index (χ1n) is 11.0. The Hall–Kier alpha value is -2.43. The lowest BCUT2D eigenvalue weighted by atomic mass is 10.1. The number of hydrogen-bond donors (Lipinski definition) is 1. The maximum Gasteiger partial charge on any atom is 0.244 e. The van der Waals surface area contributed by atoms with Crippen LogP contribution in [-0.2, 0) is 26.2 Å². The minimum absolute atomic E-state index is 0.192. The molecule has 2 amide bonds. The van der Waals surface area contributed by atoms with E-state index in [0.717, 1.165) is 18.4 Å². The molecule has 0 saturated carbocycles. The second kappa shape index (κ2) is 11.7. The second-order valence-electron chi connectivity index (χ2n) is 9.25. The van der Waals surface area contributed by atoms with Gasteiger partial charge in [-0.15, -0.1) is 0 Å². The number of sulfonamides is 1. The van der Waals surface area contributed by atoms with E-state index >= 15 is 0 Å². The average Bonchev–Trinajstić information content (AvgIpc) is 2.73. The number of hydrogen-bond acceptors (Lipinski definition) is 4. The van der Waals surface area contributed by atoms with E-state index in [2.05, 4.69) is 5.32 Å². The molecular weight excluding hydrogens is 535 g/mol. The maximum atomic E-state index is 13.9. The highest BCUT2D eigenvalue weighted by Gasteiger charge is 2.34. The lowest BCUT2D eigenvalue weighted by Gasteiger charge is -2.34. The summed E-state index contributed by atoms with van der Waals surface area (Å²) in [5.74, 6) is -3.67. The third kappa shape index (κ3) is 7.78. The number of nitrogens with zero attached hydrogens (tertiary/aromatic N) is 2. The highest BCUT2D eigenvalue weighted by molar-refractivity contribution is 7.92. The van der Waals surface area contributed by atoms with Crippen LogP contribution in [0, 0.1) is 11.6 Å². The molecule has 1 atom stereocenters. The molecule has 0 aliphatic carbocycles. The Morgan fingerprint density at radius 3 is 2.11 bits per heavy atom. The highest BCUT2D eigenvalue weighted by atomic mass is 35.5. The standard InChI is InChI=1S/C24H29Cl2F2N3O4S/c1-6-21(23(33)29-24(2,3)4)30(13-16-17(25)8-7-9-18(16)26)22(32)14-31(36(5,34)35)15-10-11-19(27)20(28)12-15/h7-12,21H,6,13-14H2,1-5H3,(H,29,33)/t21-/m1/s1. The normalized spacial score (nSPS) is 12.7. The largest absolute Gasteiger partial charge is 0.350 e. The zero-order valence-corrected chi connectivity index (χ0v) is 22.9. The summed E-state index contributed by atoms with van der Waals surface area (Å²) in [6.45, 7) is 6.08. The van der Waals surface area contributed by atoms with E-state index in [0.29, 0.717) is 15.9 Å². The maximum absolute atomic E-state index is 13.9. The van der Waals surface area contributed by atoms with Gasteiger partial charge in [-0.05, 0) is 51.5 Å². The van der Waals surface area contributed by atoms with Crippen molar-refractivity contribution in [2.45, 2.75) is 52.2 Å². The number of carbonyl (C=O) groups is 2. The van der Waals surface area contributed by atoms with Crippen molar-refractivity contribution in [3.8, 4) is 0 Å². The molecule has 7 nitrogen and oxygen atoms in total. The average molecular weight is 564 g/mol. The van der Waals surface area contributed by atoms with E-state index in [1.165, 1.54) is 4.90 Å². The first kappa shape index (κ1) is 29.8. The van der Waals surface area contributed by atoms with Gasteiger partial charge in [0.25, 0.3) is 0 Å². The van der Waals surface area contributed by atoms with Gasteiger partial charge in [-0.25, -0.2) is 17.2 Å². The molecule has 0 aromatic heterocycles. The molecule has 0 aliphatic heterocycles. The van der Waals surface area contributed by atoms with Gasteiger partial charge in [0.2, 0.25) is 21.8 Å². The van der Waals surface area contributed by atoms with Crippen LogP contribution >= 0.6 is 23.2 Å². The molecule has 2 rings (SSSR count). The van der Waals surface area contributed by atoms with Gasteiger partial charge >= 0.3 is 0 Å². The fraction of sp³-hybridized carbons (Fsp3) is 0.417. The van der Waals surface area contributed by atoms with Gasteiger partial charge in [-0.2, -0.15) is 0 Å². The van der Waals surface area contributed by atoms with E-state index in [4.69, 9.17) is 23.2 Å². The Morgan fingerprint density at radius 2 is 1.64 bits per heavy atom. The molecule has 0 heterocycles. The van der Waals surface area contributed by atoms with Crippen LogP contribution in [0.25, 0.3) is 0 Å². The Kier molecular flexibility index (Phi) is 9.72. The third-order valence-corrected chi connectivity index (χ3v) is 6.99. The zero-order valence-electron chi connectivity index (χ0n) is 20.6. The molecule has 0 bridgehead atoms. The molecule has 0 saturated heterocycles. The summed E-state index contributed by atoms with van der Waals surface area (Å²) < 4.78 is 53.0. The first-order valence-corrected chi connectivity index (χ1v) is 13.6. The summed E-state index contributed by atoms with van der Waals surface area (Å²) in [4.78, 5) is 27.9. The van der Waals surface area contributed by atoms with Crippen molar-refractivity contribution < 1.29 is 26.8 Å². The number of rotatable bonds is 9. The number of benzene rings is 2. The topological polar surface area (TPSA) is 86.8 Å². The lowest BCUT2D eigenvalue weighted by Crippen LogP contribution is -2.55. The van der Waals surface area contributed by atoms with Gasteiger partial charge in [0, 0.05) is 33.8 Å². The van der Waals surface area contributed by atoms with E-state index in [-0.39, 0.29) is 28.7 Å². The van der Waals surface area contributed by atoms with Crippen molar-refractivity contribution in [1.82, 2.24) is 10.2 Å². The Morgan fingerprint density at radius 1 is 1.06 bits per heavy atom. The van der Waals surface area contributed by atoms with Gasteiger partial charge in [0.05, 0.1) is 11.9 Å². The molecule has 36 heavy (non-hydrogen) atoms. The molecule has 198 valence electrons. The predicted molar refractivity (Wildman–Crippen MR) is 138 cm³/mol. The third-order valence-electron chi connectivity index (χ3n) is 5.14. The smallest absolute Gasteiger partial charge is 0.244 e. The van der Waals surface area contributed by atoms with E-state index < -0.39 is 51.6 Å². The fourth-order valence-electron chi connectivity index (χ4n) is 3.48. The molecule has 0 spiro atoms. The Bertz CT molecular complexity index is 1220. The number of amides is 2. The molecule has 0 radical (unpaired) electrons. The quantitative estimate of drug-likeness (QED) is 0.476. The summed E-state index contributed by atoms with van der Waals surface area (Å²) in [5, 5.41) is 3.34. The van der Waals surface area contributed by atoms with Crippen LogP contribution < -0.4 is 9.62 Å². The summed E-state index contributed by atoms with van der Waals surface area (Å²) in [5.41, 5.74) is -0.478. The van der Waals surface area contributed by atoms with Crippen molar-refractivity contribution >= 4 is 50.7 Å². The van der Waals surface area contributed by atoms with Crippen molar-refractivity contribution in [3.63, 3.8) is 0 Å². The van der Waals surface area contributed by atoms with Crippen LogP contribution in [0.2, 0.25) is 10.0 Å². The van der Waals surface area contributed by atoms with Crippen LogP contribution in [0.5, 0.6) is 0 Å². The van der Waals surface area contributed by atoms with Gasteiger partial charge in [-0.3, -0.25) is 13.9 Å². The molecule has 2 aromatic rings. The van der Waals surface area contributed by atoms with Crippen molar-refractivity contribution in [1.29, 1.82) is 0 Å². The lowest BCUT2D eigenvalue weighted by molar-refractivity contribution is -0.141. The SMILES string of the molecule is CC[C@H](C(=O)NC(C)(C)C)N(Cc1c(Cl)cccc1Cl)C(=O)CN(c1ccc(F)c(F)c1)S(C)(=O)=O. The summed E-state index contributed by atoms with van der Waals surface area (Å²) in [6.07, 6.45) is 1.03. The summed E-state index contributed by atoms with van der Waals surface area (Å²) in [7, 11) is -4.10. The number of nitrogens with one attached hydrogen (secondary N) is 1. The van der Waals surface area contributed by atoms with Crippen molar-refractivity contribution in [3.05, 3.63) is 63.6 Å². The molecule has 0 unspecified atom stereocenters. The molecule has 1 N–H and O–H groups in total. The van der Waals surface area contributed by atoms with Crippen molar-refractivity contribution in [2.24, 2.45) is 0 Å². The zero-order chi connectivity index (χ0) is 27.4. The molecule has 2 aromatic carbocycles. The first-order chi connectivity index (χ1) is 16.5. The van der Waals surface area contributed by atoms with Crippen molar-refractivity contribution in [2.75, 3.05) is 17.1 Å². The van der Waals surface area contributed by atoms with Crippen LogP contribution in [-0.4, -0.2) is 49.5 Å². The minimum atomic E-state index is -4.10. The van der Waals surface area contributed by atoms with Crippen LogP contribution in [0.1, 0.15) is 39.7 Å². The van der Waals surface area contributed by atoms with Gasteiger partial charge in [-0.1, -0.05) is 36.2 Å². The van der Waals surface area contributed by atoms with Gasteiger partial charge < -0.3 is 10.2 Å². The number of anilines is 1. The summed E-state index contributed by atoms with van der Waals surface area (Å²) in [6, 6.07) is 6.26. The van der Waals surface area contributed by atoms with E-state index in [1.807, 2.05) is 0 Å². The Labute approximate surface area is 220 Å². The van der Waals surface area contributed by atoms with Crippen LogP contribution in [0.15, 0.2) is 36.4 Å². The van der Waals surface area contributed by atoms with E-state index in [9.17, 15) is 26.8 Å². The molecule has 12 heteroatoms. The highest BCUT2D eigenvalue weighted by Crippen LogP contribution is 2.28. The number of carbonyl (C=O) groups excluding carboxylic acids is 2. The van der Waals surface area contributed by atoms with Crippen LogP contribution in [0.3, 0.4) is 0 Å². The van der Waals surface area contributed by atoms with E-state index in [1.54, 1.807) is 45.9 Å². The monoisotopic (exact) mass is 563 g/mol. The molecule has 0 aliphatic rings. The summed E-state index contributed by atoms with van der Waals surface area (Å²) >= 11 is 12.6. The molecule has 0 fully saturated rings.